The van der Waals surface area contributed by atoms with Gasteiger partial charge < -0.3 is 20.1 Å². The predicted molar refractivity (Wildman–Crippen MR) is 134 cm³/mol. The molecule has 176 valence electrons. The molecule has 7 nitrogen and oxygen atoms in total. The summed E-state index contributed by atoms with van der Waals surface area (Å²) < 4.78 is 11.7. The summed E-state index contributed by atoms with van der Waals surface area (Å²) in [5.74, 6) is 0.00133. The number of carbonyl (C=O) groups excluding carboxylic acids is 3. The monoisotopic (exact) mass is 524 g/mol. The highest BCUT2D eigenvalue weighted by Crippen LogP contribution is 2.25. The Kier molecular flexibility index (Phi) is 8.81. The number of halogens is 1. The van der Waals surface area contributed by atoms with E-state index in [2.05, 4.69) is 26.6 Å². The molecule has 0 aliphatic heterocycles. The van der Waals surface area contributed by atoms with Crippen molar-refractivity contribution in [1.29, 1.82) is 0 Å². The molecule has 34 heavy (non-hydrogen) atoms. The van der Waals surface area contributed by atoms with Crippen LogP contribution in [0, 0.1) is 13.8 Å². The summed E-state index contributed by atoms with van der Waals surface area (Å²) in [5.41, 5.74) is 3.12. The van der Waals surface area contributed by atoms with Crippen molar-refractivity contribution in [1.82, 2.24) is 0 Å². The lowest BCUT2D eigenvalue weighted by molar-refractivity contribution is -0.147. The lowest BCUT2D eigenvalue weighted by Crippen LogP contribution is -2.22. The van der Waals surface area contributed by atoms with Crippen molar-refractivity contribution in [2.45, 2.75) is 26.7 Å². The van der Waals surface area contributed by atoms with E-state index in [0.29, 0.717) is 17.1 Å². The van der Waals surface area contributed by atoms with Crippen LogP contribution in [-0.4, -0.2) is 24.4 Å². The number of rotatable bonds is 9. The second-order valence-electron chi connectivity index (χ2n) is 7.61. The minimum absolute atomic E-state index is 0.0618. The van der Waals surface area contributed by atoms with Gasteiger partial charge in [-0.15, -0.1) is 0 Å². The maximum atomic E-state index is 12.1. The summed E-state index contributed by atoms with van der Waals surface area (Å²) in [4.78, 5) is 36.1. The fraction of sp³-hybridized carbons (Fsp3) is 0.192. The number of para-hydroxylation sites is 1. The average molecular weight is 525 g/mol. The quantitative estimate of drug-likeness (QED) is 0.347. The van der Waals surface area contributed by atoms with Crippen LogP contribution in [0.15, 0.2) is 71.2 Å². The number of amides is 2. The molecule has 0 aliphatic carbocycles. The smallest absolute Gasteiger partial charge is 0.306 e. The summed E-state index contributed by atoms with van der Waals surface area (Å²) in [6.07, 6.45) is -0.196. The number of carbonyl (C=O) groups is 3. The highest BCUT2D eigenvalue weighted by Gasteiger charge is 2.12. The fourth-order valence-electron chi connectivity index (χ4n) is 3.02. The number of nitrogens with one attached hydrogen (secondary N) is 2. The van der Waals surface area contributed by atoms with Crippen molar-refractivity contribution in [2.24, 2.45) is 0 Å². The summed E-state index contributed by atoms with van der Waals surface area (Å²) >= 11 is 3.36. The molecule has 3 aromatic rings. The number of benzene rings is 3. The molecule has 0 atom stereocenters. The van der Waals surface area contributed by atoms with Crippen LogP contribution in [-0.2, 0) is 19.1 Å². The molecule has 3 rings (SSSR count). The van der Waals surface area contributed by atoms with Gasteiger partial charge in [-0.1, -0.05) is 34.1 Å². The SMILES string of the molecule is Cc1cc(Br)ccc1NC(=O)COC(=O)CCC(=O)Nc1ccc(Oc2ccccc2C)cc1. The summed E-state index contributed by atoms with van der Waals surface area (Å²) in [5, 5.41) is 5.41. The Bertz CT molecular complexity index is 1180. The van der Waals surface area contributed by atoms with Gasteiger partial charge in [0.25, 0.3) is 5.91 Å². The number of anilines is 2. The highest BCUT2D eigenvalue weighted by atomic mass is 79.9. The lowest BCUT2D eigenvalue weighted by atomic mass is 10.2. The number of esters is 1. The molecule has 0 heterocycles. The van der Waals surface area contributed by atoms with E-state index in [1.165, 1.54) is 0 Å². The maximum Gasteiger partial charge on any atom is 0.306 e. The van der Waals surface area contributed by atoms with E-state index >= 15 is 0 Å². The van der Waals surface area contributed by atoms with Gasteiger partial charge in [-0.3, -0.25) is 14.4 Å². The molecule has 0 radical (unpaired) electrons. The Morgan fingerprint density at radius 1 is 0.824 bits per heavy atom. The molecule has 0 spiro atoms. The van der Waals surface area contributed by atoms with E-state index < -0.39 is 18.5 Å². The van der Waals surface area contributed by atoms with Gasteiger partial charge >= 0.3 is 5.97 Å². The molecule has 2 amide bonds. The first-order chi connectivity index (χ1) is 16.3. The van der Waals surface area contributed by atoms with Gasteiger partial charge in [-0.05, 0) is 73.5 Å². The van der Waals surface area contributed by atoms with Crippen LogP contribution in [0.5, 0.6) is 11.5 Å². The third-order valence-electron chi connectivity index (χ3n) is 4.84. The van der Waals surface area contributed by atoms with Crippen LogP contribution < -0.4 is 15.4 Å². The first kappa shape index (κ1) is 25.0. The van der Waals surface area contributed by atoms with Crippen molar-refractivity contribution in [3.05, 3.63) is 82.3 Å². The second-order valence-corrected chi connectivity index (χ2v) is 8.52. The molecular weight excluding hydrogens is 500 g/mol. The first-order valence-electron chi connectivity index (χ1n) is 10.6. The third-order valence-corrected chi connectivity index (χ3v) is 5.34. The number of hydrogen-bond acceptors (Lipinski definition) is 5. The largest absolute Gasteiger partial charge is 0.457 e. The molecule has 2 N–H and O–H groups in total. The van der Waals surface area contributed by atoms with Crippen LogP contribution in [0.25, 0.3) is 0 Å². The van der Waals surface area contributed by atoms with Gasteiger partial charge in [0.15, 0.2) is 6.61 Å². The summed E-state index contributed by atoms with van der Waals surface area (Å²) in [7, 11) is 0. The second kappa shape index (κ2) is 12.0. The van der Waals surface area contributed by atoms with Crippen molar-refractivity contribution in [3.63, 3.8) is 0 Å². The zero-order chi connectivity index (χ0) is 24.5. The molecule has 0 bridgehead atoms. The molecule has 0 aliphatic rings. The van der Waals surface area contributed by atoms with E-state index in [9.17, 15) is 14.4 Å². The van der Waals surface area contributed by atoms with Gasteiger partial charge in [0, 0.05) is 22.3 Å². The van der Waals surface area contributed by atoms with Crippen molar-refractivity contribution in [3.8, 4) is 11.5 Å². The van der Waals surface area contributed by atoms with Gasteiger partial charge in [-0.25, -0.2) is 0 Å². The third kappa shape index (κ3) is 7.74. The standard InChI is InChI=1S/C26H25BrN2O5/c1-17-5-3-4-6-23(17)34-21-10-8-20(9-11-21)28-24(30)13-14-26(32)33-16-25(31)29-22-12-7-19(27)15-18(22)2/h3-12,15H,13-14,16H2,1-2H3,(H,28,30)(H,29,31). The lowest BCUT2D eigenvalue weighted by Gasteiger charge is -2.10. The van der Waals surface area contributed by atoms with E-state index in [4.69, 9.17) is 9.47 Å². The number of hydrogen-bond donors (Lipinski definition) is 2. The number of aryl methyl sites for hydroxylation is 2. The van der Waals surface area contributed by atoms with Crippen LogP contribution in [0.4, 0.5) is 11.4 Å². The highest BCUT2D eigenvalue weighted by molar-refractivity contribution is 9.10. The minimum atomic E-state index is -0.625. The van der Waals surface area contributed by atoms with E-state index in [0.717, 1.165) is 21.3 Å². The normalized spacial score (nSPS) is 10.3. The average Bonchev–Trinajstić information content (AvgIpc) is 2.81. The topological polar surface area (TPSA) is 93.7 Å². The van der Waals surface area contributed by atoms with Crippen LogP contribution in [0.3, 0.4) is 0 Å². The molecule has 0 saturated heterocycles. The maximum absolute atomic E-state index is 12.1. The fourth-order valence-corrected chi connectivity index (χ4v) is 3.49. The molecule has 0 unspecified atom stereocenters. The zero-order valence-corrected chi connectivity index (χ0v) is 20.5. The first-order valence-corrected chi connectivity index (χ1v) is 11.4. The van der Waals surface area contributed by atoms with Crippen molar-refractivity contribution < 1.29 is 23.9 Å². The Labute approximate surface area is 206 Å². The zero-order valence-electron chi connectivity index (χ0n) is 18.9. The van der Waals surface area contributed by atoms with Crippen LogP contribution in [0.2, 0.25) is 0 Å². The molecule has 8 heteroatoms. The Morgan fingerprint density at radius 3 is 2.26 bits per heavy atom. The summed E-state index contributed by atoms with van der Waals surface area (Å²) in [6, 6.07) is 20.1. The molecule has 0 saturated carbocycles. The van der Waals surface area contributed by atoms with Gasteiger partial charge in [0.05, 0.1) is 6.42 Å². The van der Waals surface area contributed by atoms with Crippen molar-refractivity contribution in [2.75, 3.05) is 17.2 Å². The molecule has 0 fully saturated rings. The van der Waals surface area contributed by atoms with Crippen LogP contribution >= 0.6 is 15.9 Å². The van der Waals surface area contributed by atoms with Gasteiger partial charge in [0.2, 0.25) is 5.91 Å². The molecule has 0 aromatic heterocycles. The van der Waals surface area contributed by atoms with Gasteiger partial charge in [0.1, 0.15) is 11.5 Å². The summed E-state index contributed by atoms with van der Waals surface area (Å²) in [6.45, 7) is 3.40. The number of ether oxygens (including phenoxy) is 2. The predicted octanol–water partition coefficient (Wildman–Crippen LogP) is 5.76. The Hall–Kier alpha value is -3.65. The van der Waals surface area contributed by atoms with Crippen molar-refractivity contribution >= 4 is 45.1 Å². The van der Waals surface area contributed by atoms with Gasteiger partial charge in [-0.2, -0.15) is 0 Å². The van der Waals surface area contributed by atoms with E-state index in [-0.39, 0.29) is 18.7 Å². The van der Waals surface area contributed by atoms with E-state index in [1.54, 1.807) is 36.4 Å². The minimum Gasteiger partial charge on any atom is -0.457 e. The molecular formula is C26H25BrN2O5. The Morgan fingerprint density at radius 2 is 1.56 bits per heavy atom. The molecule has 3 aromatic carbocycles. The Balaban J connectivity index is 1.38. The van der Waals surface area contributed by atoms with E-state index in [1.807, 2.05) is 44.2 Å². The van der Waals surface area contributed by atoms with Crippen LogP contribution in [0.1, 0.15) is 24.0 Å².